The first-order valence-corrected chi connectivity index (χ1v) is 8.20. The highest BCUT2D eigenvalue weighted by Crippen LogP contribution is 2.33. The molecule has 1 aliphatic carbocycles. The molecule has 2 aromatic heterocycles. The molecule has 1 saturated carbocycles. The molecular formula is C18H18N4O3. The van der Waals surface area contributed by atoms with E-state index in [1.165, 1.54) is 29.5 Å². The fourth-order valence-corrected chi connectivity index (χ4v) is 3.03. The number of para-hydroxylation sites is 2. The SMILES string of the molecule is Cn1c(C(=O)O)ccc1C(=O)Nc1nc2ccccc2n1CC1CC1. The van der Waals surface area contributed by atoms with Gasteiger partial charge in [-0.1, -0.05) is 12.1 Å². The second-order valence-corrected chi connectivity index (χ2v) is 6.40. The first-order valence-electron chi connectivity index (χ1n) is 8.20. The smallest absolute Gasteiger partial charge is 0.352 e. The van der Waals surface area contributed by atoms with Crippen LogP contribution in [-0.2, 0) is 13.6 Å². The number of aromatic carboxylic acids is 1. The van der Waals surface area contributed by atoms with Gasteiger partial charge in [0.15, 0.2) is 0 Å². The molecule has 2 N–H and O–H groups in total. The topological polar surface area (TPSA) is 89.2 Å². The number of nitrogens with one attached hydrogen (secondary N) is 1. The molecule has 0 radical (unpaired) electrons. The van der Waals surface area contributed by atoms with Crippen LogP contribution in [0.25, 0.3) is 11.0 Å². The number of benzene rings is 1. The zero-order valence-corrected chi connectivity index (χ0v) is 13.8. The van der Waals surface area contributed by atoms with Crippen molar-refractivity contribution in [3.8, 4) is 0 Å². The predicted octanol–water partition coefficient (Wildman–Crippen LogP) is 2.74. The summed E-state index contributed by atoms with van der Waals surface area (Å²) in [6.45, 7) is 0.823. The van der Waals surface area contributed by atoms with Gasteiger partial charge in [-0.2, -0.15) is 0 Å². The van der Waals surface area contributed by atoms with E-state index in [2.05, 4.69) is 10.3 Å². The van der Waals surface area contributed by atoms with Gasteiger partial charge in [0.2, 0.25) is 5.95 Å². The summed E-state index contributed by atoms with van der Waals surface area (Å²) in [6.07, 6.45) is 2.39. The minimum atomic E-state index is -1.07. The third kappa shape index (κ3) is 2.77. The molecule has 7 nitrogen and oxygen atoms in total. The van der Waals surface area contributed by atoms with Crippen LogP contribution in [0.5, 0.6) is 0 Å². The maximum atomic E-state index is 12.6. The predicted molar refractivity (Wildman–Crippen MR) is 92.8 cm³/mol. The van der Waals surface area contributed by atoms with Crippen LogP contribution in [0.1, 0.15) is 33.8 Å². The van der Waals surface area contributed by atoms with E-state index in [1.807, 2.05) is 28.8 Å². The minimum Gasteiger partial charge on any atom is -0.477 e. The lowest BCUT2D eigenvalue weighted by Crippen LogP contribution is -2.20. The molecule has 7 heteroatoms. The van der Waals surface area contributed by atoms with Crippen LogP contribution in [-0.4, -0.2) is 31.1 Å². The summed E-state index contributed by atoms with van der Waals surface area (Å²) < 4.78 is 3.40. The summed E-state index contributed by atoms with van der Waals surface area (Å²) in [5.74, 6) is -0.317. The van der Waals surface area contributed by atoms with Crippen LogP contribution in [0.2, 0.25) is 0 Å². The van der Waals surface area contributed by atoms with Crippen molar-refractivity contribution >= 4 is 28.9 Å². The minimum absolute atomic E-state index is 0.0663. The Morgan fingerprint density at radius 1 is 1.20 bits per heavy atom. The van der Waals surface area contributed by atoms with Crippen LogP contribution in [0, 0.1) is 5.92 Å². The Balaban J connectivity index is 1.68. The molecule has 0 atom stereocenters. The lowest BCUT2D eigenvalue weighted by molar-refractivity contribution is 0.0686. The van der Waals surface area contributed by atoms with Crippen molar-refractivity contribution in [3.05, 3.63) is 47.8 Å². The van der Waals surface area contributed by atoms with Crippen molar-refractivity contribution in [2.45, 2.75) is 19.4 Å². The van der Waals surface area contributed by atoms with Crippen LogP contribution in [0.3, 0.4) is 0 Å². The fraction of sp³-hybridized carbons (Fsp3) is 0.278. The van der Waals surface area contributed by atoms with Crippen molar-refractivity contribution in [2.75, 3.05) is 5.32 Å². The molecule has 0 bridgehead atoms. The first kappa shape index (κ1) is 15.4. The third-order valence-electron chi connectivity index (χ3n) is 4.59. The van der Waals surface area contributed by atoms with E-state index in [1.54, 1.807) is 7.05 Å². The molecule has 4 rings (SSSR count). The van der Waals surface area contributed by atoms with Gasteiger partial charge < -0.3 is 14.2 Å². The van der Waals surface area contributed by atoms with Crippen molar-refractivity contribution < 1.29 is 14.7 Å². The highest BCUT2D eigenvalue weighted by Gasteiger charge is 2.25. The Bertz CT molecular complexity index is 982. The van der Waals surface area contributed by atoms with E-state index in [0.29, 0.717) is 11.9 Å². The van der Waals surface area contributed by atoms with Gasteiger partial charge in [0.1, 0.15) is 11.4 Å². The molecule has 0 saturated heterocycles. The van der Waals surface area contributed by atoms with Crippen LogP contribution in [0.15, 0.2) is 36.4 Å². The Kier molecular flexibility index (Phi) is 3.56. The number of carbonyl (C=O) groups excluding carboxylic acids is 1. The summed E-state index contributed by atoms with van der Waals surface area (Å²) in [4.78, 5) is 28.3. The van der Waals surface area contributed by atoms with Gasteiger partial charge in [-0.05, 0) is 43.0 Å². The first-order chi connectivity index (χ1) is 12.0. The molecular weight excluding hydrogens is 320 g/mol. The summed E-state index contributed by atoms with van der Waals surface area (Å²) in [7, 11) is 1.56. The molecule has 1 aliphatic rings. The summed E-state index contributed by atoms with van der Waals surface area (Å²) in [6, 6.07) is 10.7. The van der Waals surface area contributed by atoms with Gasteiger partial charge in [-0.3, -0.25) is 10.1 Å². The lowest BCUT2D eigenvalue weighted by atomic mass is 10.3. The average Bonchev–Trinajstić information content (AvgIpc) is 3.22. The van der Waals surface area contributed by atoms with E-state index < -0.39 is 5.97 Å². The number of amides is 1. The number of imidazole rings is 1. The number of hydrogen-bond donors (Lipinski definition) is 2. The molecule has 25 heavy (non-hydrogen) atoms. The van der Waals surface area contributed by atoms with Crippen molar-refractivity contribution in [1.82, 2.24) is 14.1 Å². The molecule has 1 fully saturated rings. The van der Waals surface area contributed by atoms with Crippen LogP contribution >= 0.6 is 0 Å². The molecule has 3 aromatic rings. The summed E-state index contributed by atoms with van der Waals surface area (Å²) in [5, 5.41) is 12.0. The number of anilines is 1. The largest absolute Gasteiger partial charge is 0.477 e. The van der Waals surface area contributed by atoms with Gasteiger partial charge in [0.25, 0.3) is 5.91 Å². The highest BCUT2D eigenvalue weighted by atomic mass is 16.4. The number of aromatic nitrogens is 3. The quantitative estimate of drug-likeness (QED) is 0.748. The maximum absolute atomic E-state index is 12.6. The number of carbonyl (C=O) groups is 2. The van der Waals surface area contributed by atoms with E-state index in [9.17, 15) is 9.59 Å². The molecule has 128 valence electrons. The average molecular weight is 338 g/mol. The number of rotatable bonds is 5. The number of nitrogens with zero attached hydrogens (tertiary/aromatic N) is 3. The van der Waals surface area contributed by atoms with Crippen LogP contribution < -0.4 is 5.32 Å². The highest BCUT2D eigenvalue weighted by molar-refractivity contribution is 6.04. The van der Waals surface area contributed by atoms with E-state index in [-0.39, 0.29) is 17.3 Å². The van der Waals surface area contributed by atoms with Gasteiger partial charge in [0, 0.05) is 13.6 Å². The van der Waals surface area contributed by atoms with Crippen molar-refractivity contribution in [1.29, 1.82) is 0 Å². The summed E-state index contributed by atoms with van der Waals surface area (Å²) in [5.41, 5.74) is 2.17. The fourth-order valence-electron chi connectivity index (χ4n) is 3.03. The standard InChI is InChI=1S/C18H18N4O3/c1-21-14(8-9-15(21)17(24)25)16(23)20-18-19-12-4-2-3-5-13(12)22(18)10-11-6-7-11/h2-5,8-9,11H,6-7,10H2,1H3,(H,24,25)(H,19,20,23). The molecule has 0 unspecified atom stereocenters. The Morgan fingerprint density at radius 2 is 1.92 bits per heavy atom. The monoisotopic (exact) mass is 338 g/mol. The van der Waals surface area contributed by atoms with Gasteiger partial charge >= 0.3 is 5.97 Å². The third-order valence-corrected chi connectivity index (χ3v) is 4.59. The van der Waals surface area contributed by atoms with E-state index >= 15 is 0 Å². The molecule has 1 aromatic carbocycles. The Morgan fingerprint density at radius 3 is 2.60 bits per heavy atom. The normalized spacial score (nSPS) is 14.0. The molecule has 1 amide bonds. The lowest BCUT2D eigenvalue weighted by Gasteiger charge is -2.10. The van der Waals surface area contributed by atoms with E-state index in [0.717, 1.165) is 17.6 Å². The number of carboxylic acid groups (broad SMARTS) is 1. The maximum Gasteiger partial charge on any atom is 0.352 e. The van der Waals surface area contributed by atoms with Gasteiger partial charge in [-0.15, -0.1) is 0 Å². The van der Waals surface area contributed by atoms with Crippen molar-refractivity contribution in [2.24, 2.45) is 13.0 Å². The molecule has 0 spiro atoms. The van der Waals surface area contributed by atoms with Gasteiger partial charge in [0.05, 0.1) is 11.0 Å². The second-order valence-electron chi connectivity index (χ2n) is 6.40. The van der Waals surface area contributed by atoms with E-state index in [4.69, 9.17) is 5.11 Å². The number of fused-ring (bicyclic) bond motifs is 1. The number of carboxylic acids is 1. The second kappa shape index (κ2) is 5.77. The summed E-state index contributed by atoms with van der Waals surface area (Å²) >= 11 is 0. The van der Waals surface area contributed by atoms with Crippen LogP contribution in [0.4, 0.5) is 5.95 Å². The Labute approximate surface area is 143 Å². The van der Waals surface area contributed by atoms with Crippen molar-refractivity contribution in [3.63, 3.8) is 0 Å². The number of hydrogen-bond acceptors (Lipinski definition) is 3. The Hall–Kier alpha value is -3.09. The zero-order chi connectivity index (χ0) is 17.6. The van der Waals surface area contributed by atoms with Gasteiger partial charge in [-0.25, -0.2) is 9.78 Å². The zero-order valence-electron chi connectivity index (χ0n) is 13.8. The molecule has 2 heterocycles. The molecule has 0 aliphatic heterocycles.